The zero-order chi connectivity index (χ0) is 10.7. The molecule has 0 spiro atoms. The fraction of sp³-hybridized carbons (Fsp3) is 0.417. The molecule has 1 fully saturated rings. The van der Waals surface area contributed by atoms with Gasteiger partial charge in [0.1, 0.15) is 0 Å². The van der Waals surface area contributed by atoms with Crippen molar-refractivity contribution in [3.05, 3.63) is 41.4 Å². The quantitative estimate of drug-likeness (QED) is 0.758. The minimum Gasteiger partial charge on any atom is -0.304 e. The van der Waals surface area contributed by atoms with Gasteiger partial charge in [0.15, 0.2) is 0 Å². The third kappa shape index (κ3) is 2.94. The van der Waals surface area contributed by atoms with E-state index in [1.165, 1.54) is 0 Å². The van der Waals surface area contributed by atoms with Crippen molar-refractivity contribution >= 4 is 11.6 Å². The van der Waals surface area contributed by atoms with Gasteiger partial charge in [-0.25, -0.2) is 0 Å². The summed E-state index contributed by atoms with van der Waals surface area (Å²) >= 11 is 6.10. The number of likely N-dealkylation sites (N-methyl/N-ethyl adjacent to an activating group) is 1. The number of halogens is 1. The van der Waals surface area contributed by atoms with Crippen LogP contribution in [0.1, 0.15) is 5.56 Å². The van der Waals surface area contributed by atoms with Gasteiger partial charge >= 0.3 is 0 Å². The molecule has 3 heteroatoms. The van der Waals surface area contributed by atoms with E-state index in [0.29, 0.717) is 0 Å². The molecule has 1 heterocycles. The van der Waals surface area contributed by atoms with Crippen LogP contribution in [0.5, 0.6) is 0 Å². The molecule has 0 unspecified atom stereocenters. The van der Waals surface area contributed by atoms with E-state index in [-0.39, 0.29) is 0 Å². The Balaban J connectivity index is 1.95. The Kier molecular flexibility index (Phi) is 3.62. The van der Waals surface area contributed by atoms with Crippen molar-refractivity contribution in [1.82, 2.24) is 9.80 Å². The molecule has 0 aliphatic carbocycles. The standard InChI is InChI=1S/C12H16ClN2/c1-14-6-8-15(9-7-14)10-11-4-2-3-5-12(11)13/h2-5,10H,6-9H2,1H3. The van der Waals surface area contributed by atoms with Crippen LogP contribution in [0.4, 0.5) is 0 Å². The molecule has 1 aliphatic rings. The second kappa shape index (κ2) is 4.97. The van der Waals surface area contributed by atoms with Crippen molar-refractivity contribution in [2.24, 2.45) is 0 Å². The number of hydrogen-bond acceptors (Lipinski definition) is 2. The first kappa shape index (κ1) is 10.9. The molecular weight excluding hydrogens is 208 g/mol. The smallest absolute Gasteiger partial charge is 0.0561 e. The normalized spacial score (nSPS) is 19.3. The molecule has 1 radical (unpaired) electrons. The van der Waals surface area contributed by atoms with Crippen LogP contribution in [0, 0.1) is 6.54 Å². The average molecular weight is 224 g/mol. The van der Waals surface area contributed by atoms with E-state index in [0.717, 1.165) is 36.8 Å². The number of benzene rings is 1. The Labute approximate surface area is 96.4 Å². The summed E-state index contributed by atoms with van der Waals surface area (Å²) in [5.74, 6) is 0. The highest BCUT2D eigenvalue weighted by molar-refractivity contribution is 6.31. The van der Waals surface area contributed by atoms with Crippen molar-refractivity contribution in [1.29, 1.82) is 0 Å². The molecule has 81 valence electrons. The Morgan fingerprint density at radius 2 is 1.80 bits per heavy atom. The number of rotatable bonds is 2. The van der Waals surface area contributed by atoms with Crippen LogP contribution < -0.4 is 0 Å². The van der Waals surface area contributed by atoms with E-state index >= 15 is 0 Å². The van der Waals surface area contributed by atoms with E-state index in [9.17, 15) is 0 Å². The van der Waals surface area contributed by atoms with E-state index in [4.69, 9.17) is 11.6 Å². The maximum atomic E-state index is 6.10. The molecule has 0 N–H and O–H groups in total. The van der Waals surface area contributed by atoms with E-state index in [2.05, 4.69) is 29.5 Å². The molecule has 0 amide bonds. The van der Waals surface area contributed by atoms with Gasteiger partial charge in [-0.05, 0) is 18.7 Å². The predicted molar refractivity (Wildman–Crippen MR) is 63.9 cm³/mol. The Hall–Kier alpha value is -0.570. The first-order chi connectivity index (χ1) is 7.25. The first-order valence-electron chi connectivity index (χ1n) is 5.28. The third-order valence-electron chi connectivity index (χ3n) is 2.76. The van der Waals surface area contributed by atoms with Crippen LogP contribution in [0.2, 0.25) is 5.02 Å². The molecular formula is C12H16ClN2. The van der Waals surface area contributed by atoms with E-state index in [1.807, 2.05) is 18.2 Å². The van der Waals surface area contributed by atoms with Crippen LogP contribution in [0.3, 0.4) is 0 Å². The highest BCUT2D eigenvalue weighted by Gasteiger charge is 2.14. The van der Waals surface area contributed by atoms with Gasteiger partial charge in [-0.2, -0.15) is 0 Å². The van der Waals surface area contributed by atoms with Crippen LogP contribution in [0.25, 0.3) is 0 Å². The number of nitrogens with zero attached hydrogens (tertiary/aromatic N) is 2. The molecule has 1 aliphatic heterocycles. The average Bonchev–Trinajstić information content (AvgIpc) is 2.25. The van der Waals surface area contributed by atoms with Crippen LogP contribution in [-0.4, -0.2) is 43.0 Å². The van der Waals surface area contributed by atoms with Crippen molar-refractivity contribution in [3.63, 3.8) is 0 Å². The topological polar surface area (TPSA) is 6.48 Å². The SMILES string of the molecule is CN1CCN([CH]c2ccccc2Cl)CC1. The maximum Gasteiger partial charge on any atom is 0.0561 e. The monoisotopic (exact) mass is 223 g/mol. The van der Waals surface area contributed by atoms with Crippen LogP contribution in [0.15, 0.2) is 24.3 Å². The van der Waals surface area contributed by atoms with Crippen molar-refractivity contribution < 1.29 is 0 Å². The zero-order valence-electron chi connectivity index (χ0n) is 8.99. The van der Waals surface area contributed by atoms with Gasteiger partial charge in [0, 0.05) is 31.2 Å². The van der Waals surface area contributed by atoms with Crippen LogP contribution >= 0.6 is 11.6 Å². The molecule has 1 aromatic carbocycles. The van der Waals surface area contributed by atoms with E-state index < -0.39 is 0 Å². The molecule has 15 heavy (non-hydrogen) atoms. The fourth-order valence-electron chi connectivity index (χ4n) is 1.73. The summed E-state index contributed by atoms with van der Waals surface area (Å²) in [6, 6.07) is 7.97. The van der Waals surface area contributed by atoms with Crippen molar-refractivity contribution in [2.75, 3.05) is 33.2 Å². The first-order valence-corrected chi connectivity index (χ1v) is 5.65. The minimum atomic E-state index is 0.830. The van der Waals surface area contributed by atoms with Gasteiger partial charge in [-0.1, -0.05) is 29.8 Å². The zero-order valence-corrected chi connectivity index (χ0v) is 9.74. The lowest BCUT2D eigenvalue weighted by Crippen LogP contribution is -2.43. The largest absolute Gasteiger partial charge is 0.304 e. The summed E-state index contributed by atoms with van der Waals surface area (Å²) in [5, 5.41) is 0.830. The summed E-state index contributed by atoms with van der Waals surface area (Å²) in [7, 11) is 2.16. The molecule has 1 aromatic rings. The second-order valence-electron chi connectivity index (χ2n) is 3.99. The summed E-state index contributed by atoms with van der Waals surface area (Å²) in [6.07, 6.45) is 0. The highest BCUT2D eigenvalue weighted by atomic mass is 35.5. The molecule has 0 atom stereocenters. The lowest BCUT2D eigenvalue weighted by molar-refractivity contribution is 0.186. The third-order valence-corrected chi connectivity index (χ3v) is 3.11. The molecule has 1 saturated heterocycles. The molecule has 0 saturated carbocycles. The number of hydrogen-bond donors (Lipinski definition) is 0. The van der Waals surface area contributed by atoms with Crippen molar-refractivity contribution in [3.8, 4) is 0 Å². The van der Waals surface area contributed by atoms with Crippen LogP contribution in [-0.2, 0) is 0 Å². The molecule has 0 aromatic heterocycles. The summed E-state index contributed by atoms with van der Waals surface area (Å²) in [6.45, 7) is 6.58. The minimum absolute atomic E-state index is 0.830. The molecule has 0 bridgehead atoms. The van der Waals surface area contributed by atoms with Gasteiger partial charge in [-0.3, -0.25) is 4.90 Å². The Morgan fingerprint density at radius 3 is 2.47 bits per heavy atom. The van der Waals surface area contributed by atoms with Crippen molar-refractivity contribution in [2.45, 2.75) is 0 Å². The van der Waals surface area contributed by atoms with Gasteiger partial charge in [0.2, 0.25) is 0 Å². The fourth-order valence-corrected chi connectivity index (χ4v) is 1.91. The van der Waals surface area contributed by atoms with Gasteiger partial charge in [0.25, 0.3) is 0 Å². The maximum absolute atomic E-state index is 6.10. The van der Waals surface area contributed by atoms with Gasteiger partial charge in [-0.15, -0.1) is 0 Å². The molecule has 2 rings (SSSR count). The van der Waals surface area contributed by atoms with Gasteiger partial charge in [0.05, 0.1) is 6.54 Å². The lowest BCUT2D eigenvalue weighted by atomic mass is 10.2. The Bertz CT molecular complexity index is 319. The highest BCUT2D eigenvalue weighted by Crippen LogP contribution is 2.18. The van der Waals surface area contributed by atoms with Gasteiger partial charge < -0.3 is 4.90 Å². The summed E-state index contributed by atoms with van der Waals surface area (Å²) in [5.41, 5.74) is 1.11. The summed E-state index contributed by atoms with van der Waals surface area (Å²) < 4.78 is 0. The summed E-state index contributed by atoms with van der Waals surface area (Å²) in [4.78, 5) is 4.68. The molecule has 2 nitrogen and oxygen atoms in total. The predicted octanol–water partition coefficient (Wildman–Crippen LogP) is 2.10. The van der Waals surface area contributed by atoms with E-state index in [1.54, 1.807) is 0 Å². The Morgan fingerprint density at radius 1 is 1.13 bits per heavy atom. The second-order valence-corrected chi connectivity index (χ2v) is 4.40. The number of piperazine rings is 1. The lowest BCUT2D eigenvalue weighted by Gasteiger charge is -2.32.